The van der Waals surface area contributed by atoms with Gasteiger partial charge in [0.1, 0.15) is 11.5 Å². The van der Waals surface area contributed by atoms with Gasteiger partial charge in [-0.25, -0.2) is 0 Å². The number of phenols is 2. The highest BCUT2D eigenvalue weighted by Gasteiger charge is 2.41. The van der Waals surface area contributed by atoms with Crippen molar-refractivity contribution in [1.82, 2.24) is 0 Å². The van der Waals surface area contributed by atoms with Gasteiger partial charge >= 0.3 is 0 Å². The molecule has 1 fully saturated rings. The van der Waals surface area contributed by atoms with E-state index in [4.69, 9.17) is 0 Å². The van der Waals surface area contributed by atoms with Crippen LogP contribution >= 0.6 is 0 Å². The molecule has 0 aromatic heterocycles. The largest absolute Gasteiger partial charge is 0.508 e. The van der Waals surface area contributed by atoms with Crippen molar-refractivity contribution in [3.8, 4) is 11.5 Å². The fourth-order valence-electron chi connectivity index (χ4n) is 4.28. The lowest BCUT2D eigenvalue weighted by atomic mass is 9.59. The van der Waals surface area contributed by atoms with Gasteiger partial charge in [0.05, 0.1) is 0 Å². The van der Waals surface area contributed by atoms with Crippen LogP contribution in [0.4, 0.5) is 0 Å². The zero-order chi connectivity index (χ0) is 17.4. The Hall–Kier alpha value is -1.96. The second-order valence-corrected chi connectivity index (χ2v) is 8.32. The molecule has 2 aromatic rings. The Bertz CT molecular complexity index is 622. The molecule has 0 bridgehead atoms. The third-order valence-corrected chi connectivity index (χ3v) is 5.90. The first-order valence-electron chi connectivity index (χ1n) is 8.90. The lowest BCUT2D eigenvalue weighted by molar-refractivity contribution is 0.146. The van der Waals surface area contributed by atoms with Crippen LogP contribution in [0.5, 0.6) is 11.5 Å². The smallest absolute Gasteiger partial charge is 0.115 e. The molecule has 0 unspecified atom stereocenters. The fraction of sp³-hybridized carbons (Fsp3) is 0.455. The molecular formula is C22H28O2. The summed E-state index contributed by atoms with van der Waals surface area (Å²) in [5.41, 5.74) is 2.84. The Morgan fingerprint density at radius 3 is 1.46 bits per heavy atom. The van der Waals surface area contributed by atoms with Crippen LogP contribution in [0.2, 0.25) is 0 Å². The topological polar surface area (TPSA) is 40.5 Å². The third-order valence-electron chi connectivity index (χ3n) is 5.90. The first-order chi connectivity index (χ1) is 11.3. The molecule has 0 amide bonds. The lowest BCUT2D eigenvalue weighted by Gasteiger charge is -2.45. The minimum Gasteiger partial charge on any atom is -0.508 e. The summed E-state index contributed by atoms with van der Waals surface area (Å²) in [6.45, 7) is 7.02. The third kappa shape index (κ3) is 3.15. The molecule has 3 rings (SSSR count). The van der Waals surface area contributed by atoms with Crippen molar-refractivity contribution in [3.63, 3.8) is 0 Å². The van der Waals surface area contributed by atoms with Crippen molar-refractivity contribution in [2.45, 2.75) is 51.9 Å². The van der Waals surface area contributed by atoms with Crippen LogP contribution in [0.15, 0.2) is 48.5 Å². The SMILES string of the molecule is CC(C)(C)C1CCC(c2ccc(O)cc2)(c2ccc(O)cc2)CC1. The second kappa shape index (κ2) is 6.16. The van der Waals surface area contributed by atoms with E-state index in [0.717, 1.165) is 18.8 Å². The maximum Gasteiger partial charge on any atom is 0.115 e. The standard InChI is InChI=1S/C22H28O2/c1-21(2,3)16-12-14-22(15-13-16,17-4-8-19(23)9-5-17)18-6-10-20(24)11-7-18/h4-11,16,23-24H,12-15H2,1-3H3. The van der Waals surface area contributed by atoms with Crippen LogP contribution in [0, 0.1) is 11.3 Å². The zero-order valence-corrected chi connectivity index (χ0v) is 14.9. The van der Waals surface area contributed by atoms with E-state index >= 15 is 0 Å². The van der Waals surface area contributed by atoms with Crippen molar-refractivity contribution >= 4 is 0 Å². The average molecular weight is 324 g/mol. The monoisotopic (exact) mass is 324 g/mol. The van der Waals surface area contributed by atoms with Crippen molar-refractivity contribution in [2.75, 3.05) is 0 Å². The molecule has 0 aliphatic heterocycles. The Labute approximate surface area is 145 Å². The van der Waals surface area contributed by atoms with Crippen molar-refractivity contribution in [1.29, 1.82) is 0 Å². The highest BCUT2D eigenvalue weighted by molar-refractivity contribution is 5.43. The van der Waals surface area contributed by atoms with Crippen LogP contribution in [0.1, 0.15) is 57.6 Å². The van der Waals surface area contributed by atoms with E-state index in [1.807, 2.05) is 0 Å². The van der Waals surface area contributed by atoms with Gasteiger partial charge in [-0.1, -0.05) is 45.0 Å². The molecule has 24 heavy (non-hydrogen) atoms. The summed E-state index contributed by atoms with van der Waals surface area (Å²) in [7, 11) is 0. The molecule has 0 radical (unpaired) electrons. The molecule has 1 aliphatic rings. The number of benzene rings is 2. The molecule has 128 valence electrons. The maximum absolute atomic E-state index is 9.66. The van der Waals surface area contributed by atoms with E-state index < -0.39 is 0 Å². The van der Waals surface area contributed by atoms with Gasteiger partial charge in [0.25, 0.3) is 0 Å². The molecule has 2 N–H and O–H groups in total. The van der Waals surface area contributed by atoms with Gasteiger partial charge in [-0.15, -0.1) is 0 Å². The predicted molar refractivity (Wildman–Crippen MR) is 98.4 cm³/mol. The highest BCUT2D eigenvalue weighted by Crippen LogP contribution is 2.50. The van der Waals surface area contributed by atoms with Gasteiger partial charge in [-0.2, -0.15) is 0 Å². The Balaban J connectivity index is 2.00. The normalized spacial score (nSPS) is 18.5. The molecule has 1 aliphatic carbocycles. The molecule has 1 saturated carbocycles. The van der Waals surface area contributed by atoms with Crippen LogP contribution in [-0.4, -0.2) is 10.2 Å². The summed E-state index contributed by atoms with van der Waals surface area (Å²) < 4.78 is 0. The molecule has 0 heterocycles. The lowest BCUT2D eigenvalue weighted by Crippen LogP contribution is -2.36. The van der Waals surface area contributed by atoms with Gasteiger partial charge in [0.15, 0.2) is 0 Å². The van der Waals surface area contributed by atoms with E-state index in [-0.39, 0.29) is 5.41 Å². The summed E-state index contributed by atoms with van der Waals surface area (Å²) in [5, 5.41) is 19.3. The van der Waals surface area contributed by atoms with Crippen molar-refractivity contribution in [2.24, 2.45) is 11.3 Å². The number of phenolic OH excluding ortho intramolecular Hbond substituents is 2. The predicted octanol–water partition coefficient (Wildman–Crippen LogP) is 5.62. The van der Waals surface area contributed by atoms with E-state index in [2.05, 4.69) is 45.0 Å². The molecule has 0 spiro atoms. The number of aromatic hydroxyl groups is 2. The first-order valence-corrected chi connectivity index (χ1v) is 8.90. The summed E-state index contributed by atoms with van der Waals surface area (Å²) in [5.74, 6) is 1.35. The van der Waals surface area contributed by atoms with Gasteiger partial charge in [-0.3, -0.25) is 0 Å². The summed E-state index contributed by atoms with van der Waals surface area (Å²) in [6.07, 6.45) is 4.60. The molecule has 2 heteroatoms. The summed E-state index contributed by atoms with van der Waals surface area (Å²) >= 11 is 0. The van der Waals surface area contributed by atoms with Gasteiger partial charge < -0.3 is 10.2 Å². The highest BCUT2D eigenvalue weighted by atomic mass is 16.3. The second-order valence-electron chi connectivity index (χ2n) is 8.32. The molecular weight excluding hydrogens is 296 g/mol. The van der Waals surface area contributed by atoms with Crippen LogP contribution < -0.4 is 0 Å². The molecule has 0 atom stereocenters. The Morgan fingerprint density at radius 1 is 0.750 bits per heavy atom. The molecule has 2 aromatic carbocycles. The maximum atomic E-state index is 9.66. The molecule has 2 nitrogen and oxygen atoms in total. The Kier molecular flexibility index (Phi) is 4.33. The minimum atomic E-state index is -0.0247. The minimum absolute atomic E-state index is 0.0247. The number of rotatable bonds is 2. The zero-order valence-electron chi connectivity index (χ0n) is 14.9. The fourth-order valence-corrected chi connectivity index (χ4v) is 4.28. The van der Waals surface area contributed by atoms with Crippen LogP contribution in [0.3, 0.4) is 0 Å². The average Bonchev–Trinajstić information content (AvgIpc) is 2.55. The number of hydrogen-bond donors (Lipinski definition) is 2. The van der Waals surface area contributed by atoms with Crippen molar-refractivity contribution < 1.29 is 10.2 Å². The first kappa shape index (κ1) is 16.9. The van der Waals surface area contributed by atoms with Gasteiger partial charge in [0, 0.05) is 5.41 Å². The molecule has 0 saturated heterocycles. The van der Waals surface area contributed by atoms with Crippen LogP contribution in [0.25, 0.3) is 0 Å². The van der Waals surface area contributed by atoms with Gasteiger partial charge in [0.2, 0.25) is 0 Å². The number of hydrogen-bond acceptors (Lipinski definition) is 2. The van der Waals surface area contributed by atoms with Crippen molar-refractivity contribution in [3.05, 3.63) is 59.7 Å². The van der Waals surface area contributed by atoms with E-state index in [1.165, 1.54) is 24.0 Å². The van der Waals surface area contributed by atoms with Gasteiger partial charge in [-0.05, 0) is 72.4 Å². The van der Waals surface area contributed by atoms with E-state index in [9.17, 15) is 10.2 Å². The quantitative estimate of drug-likeness (QED) is 0.752. The Morgan fingerprint density at radius 2 is 1.12 bits per heavy atom. The van der Waals surface area contributed by atoms with E-state index in [0.29, 0.717) is 16.9 Å². The van der Waals surface area contributed by atoms with Crippen LogP contribution in [-0.2, 0) is 5.41 Å². The summed E-state index contributed by atoms with van der Waals surface area (Å²) in [6, 6.07) is 15.4. The van der Waals surface area contributed by atoms with E-state index in [1.54, 1.807) is 24.3 Å². The summed E-state index contributed by atoms with van der Waals surface area (Å²) in [4.78, 5) is 0.